The number of aliphatic carboxylic acids is 1. The molecule has 0 radical (unpaired) electrons. The van der Waals surface area contributed by atoms with Crippen LogP contribution in [0, 0.1) is 5.92 Å². The second-order valence-electron chi connectivity index (χ2n) is 4.28. The molecule has 0 amide bonds. The molecule has 0 bridgehead atoms. The smallest absolute Gasteiger partial charge is 0.416 e. The predicted molar refractivity (Wildman–Crippen MR) is 61.3 cm³/mol. The second kappa shape index (κ2) is 5.29. The Morgan fingerprint density at radius 1 is 1.22 bits per heavy atom. The van der Waals surface area contributed by atoms with Crippen LogP contribution >= 0.6 is 0 Å². The molecule has 100 valence electrons. The molecule has 0 fully saturated rings. The van der Waals surface area contributed by atoms with Crippen LogP contribution in [0.1, 0.15) is 19.4 Å². The van der Waals surface area contributed by atoms with Crippen LogP contribution in [-0.2, 0) is 11.0 Å². The lowest BCUT2D eigenvalue weighted by Crippen LogP contribution is -2.34. The molecular formula is C12H14F3NO2. The molecule has 6 heteroatoms. The van der Waals surface area contributed by atoms with E-state index in [0.717, 1.165) is 12.1 Å². The van der Waals surface area contributed by atoms with Crippen molar-refractivity contribution in [2.45, 2.75) is 26.1 Å². The molecule has 3 nitrogen and oxygen atoms in total. The third-order valence-electron chi connectivity index (χ3n) is 2.47. The van der Waals surface area contributed by atoms with Crippen LogP contribution in [0.15, 0.2) is 24.3 Å². The van der Waals surface area contributed by atoms with Crippen molar-refractivity contribution in [2.24, 2.45) is 5.92 Å². The summed E-state index contributed by atoms with van der Waals surface area (Å²) in [6, 6.07) is 3.45. The van der Waals surface area contributed by atoms with E-state index in [0.29, 0.717) is 5.69 Å². The minimum Gasteiger partial charge on any atom is -0.480 e. The van der Waals surface area contributed by atoms with Crippen LogP contribution in [0.5, 0.6) is 0 Å². The number of carbonyl (C=O) groups is 1. The number of alkyl halides is 3. The molecule has 2 N–H and O–H groups in total. The highest BCUT2D eigenvalue weighted by molar-refractivity contribution is 5.77. The van der Waals surface area contributed by atoms with Crippen molar-refractivity contribution in [1.82, 2.24) is 0 Å². The third-order valence-corrected chi connectivity index (χ3v) is 2.47. The minimum absolute atomic E-state index is 0.176. The van der Waals surface area contributed by atoms with Crippen LogP contribution in [0.2, 0.25) is 0 Å². The minimum atomic E-state index is -4.39. The van der Waals surface area contributed by atoms with Gasteiger partial charge in [-0.25, -0.2) is 4.79 Å². The number of hydrogen-bond acceptors (Lipinski definition) is 2. The van der Waals surface area contributed by atoms with E-state index < -0.39 is 23.8 Å². The van der Waals surface area contributed by atoms with Gasteiger partial charge < -0.3 is 10.4 Å². The van der Waals surface area contributed by atoms with Gasteiger partial charge in [0, 0.05) is 5.69 Å². The summed E-state index contributed by atoms with van der Waals surface area (Å²) in [6.07, 6.45) is -4.39. The van der Waals surface area contributed by atoms with Crippen LogP contribution in [-0.4, -0.2) is 17.1 Å². The molecule has 1 aromatic carbocycles. The monoisotopic (exact) mass is 261 g/mol. The summed E-state index contributed by atoms with van der Waals surface area (Å²) in [5.41, 5.74) is -0.409. The van der Waals surface area contributed by atoms with Crippen LogP contribution in [0.4, 0.5) is 18.9 Å². The van der Waals surface area contributed by atoms with Crippen LogP contribution in [0.3, 0.4) is 0 Å². The average Bonchev–Trinajstić information content (AvgIpc) is 2.24. The van der Waals surface area contributed by atoms with E-state index >= 15 is 0 Å². The Morgan fingerprint density at radius 3 is 2.06 bits per heavy atom. The van der Waals surface area contributed by atoms with Gasteiger partial charge in [0.05, 0.1) is 5.56 Å². The molecule has 0 spiro atoms. The van der Waals surface area contributed by atoms with Crippen molar-refractivity contribution in [3.63, 3.8) is 0 Å². The van der Waals surface area contributed by atoms with Crippen molar-refractivity contribution in [3.05, 3.63) is 29.8 Å². The van der Waals surface area contributed by atoms with E-state index in [4.69, 9.17) is 5.11 Å². The quantitative estimate of drug-likeness (QED) is 0.874. The molecule has 18 heavy (non-hydrogen) atoms. The number of carboxylic acids is 1. The SMILES string of the molecule is CC(C)[C@@H](Nc1ccc(C(F)(F)F)cc1)C(=O)O. The number of anilines is 1. The molecule has 0 saturated heterocycles. The summed E-state index contributed by atoms with van der Waals surface area (Å²) in [6.45, 7) is 3.44. The van der Waals surface area contributed by atoms with Gasteiger partial charge in [-0.15, -0.1) is 0 Å². The van der Waals surface area contributed by atoms with Gasteiger partial charge in [0.25, 0.3) is 0 Å². The number of halogens is 3. The molecule has 0 saturated carbocycles. The highest BCUT2D eigenvalue weighted by Crippen LogP contribution is 2.30. The number of rotatable bonds is 4. The Hall–Kier alpha value is -1.72. The molecular weight excluding hydrogens is 247 g/mol. The molecule has 0 aliphatic carbocycles. The zero-order valence-corrected chi connectivity index (χ0v) is 9.95. The lowest BCUT2D eigenvalue weighted by molar-refractivity contribution is -0.139. The largest absolute Gasteiger partial charge is 0.480 e. The van der Waals surface area contributed by atoms with Crippen LogP contribution < -0.4 is 5.32 Å². The molecule has 0 aliphatic rings. The van der Waals surface area contributed by atoms with Gasteiger partial charge in [0.15, 0.2) is 0 Å². The zero-order valence-electron chi connectivity index (χ0n) is 9.95. The maximum atomic E-state index is 12.3. The number of benzene rings is 1. The number of hydrogen-bond donors (Lipinski definition) is 2. The Morgan fingerprint density at radius 2 is 1.72 bits per heavy atom. The summed E-state index contributed by atoms with van der Waals surface area (Å²) in [5.74, 6) is -1.21. The summed E-state index contributed by atoms with van der Waals surface area (Å²) >= 11 is 0. The molecule has 1 atom stereocenters. The van der Waals surface area contributed by atoms with Gasteiger partial charge in [-0.2, -0.15) is 13.2 Å². The first-order chi connectivity index (χ1) is 8.21. The molecule has 1 rings (SSSR count). The Labute approximate surface area is 103 Å². The summed E-state index contributed by atoms with van der Waals surface area (Å²) in [7, 11) is 0. The molecule has 0 heterocycles. The summed E-state index contributed by atoms with van der Waals surface area (Å²) < 4.78 is 37.0. The van der Waals surface area contributed by atoms with Gasteiger partial charge in [-0.3, -0.25) is 0 Å². The Balaban J connectivity index is 2.83. The lowest BCUT2D eigenvalue weighted by Gasteiger charge is -2.19. The van der Waals surface area contributed by atoms with E-state index in [-0.39, 0.29) is 5.92 Å². The maximum Gasteiger partial charge on any atom is 0.416 e. The van der Waals surface area contributed by atoms with E-state index in [1.165, 1.54) is 12.1 Å². The fourth-order valence-electron chi connectivity index (χ4n) is 1.45. The van der Waals surface area contributed by atoms with E-state index in [1.54, 1.807) is 13.8 Å². The predicted octanol–water partition coefficient (Wildman–Crippen LogP) is 3.23. The molecule has 0 unspecified atom stereocenters. The number of nitrogens with one attached hydrogen (secondary N) is 1. The first-order valence-electron chi connectivity index (χ1n) is 5.38. The van der Waals surface area contributed by atoms with E-state index in [1.807, 2.05) is 0 Å². The van der Waals surface area contributed by atoms with Gasteiger partial charge in [-0.1, -0.05) is 13.8 Å². The number of carboxylic acid groups (broad SMARTS) is 1. The first kappa shape index (κ1) is 14.3. The van der Waals surface area contributed by atoms with Crippen molar-refractivity contribution >= 4 is 11.7 Å². The standard InChI is InChI=1S/C12H14F3NO2/c1-7(2)10(11(17)18)16-9-5-3-8(4-6-9)12(13,14)15/h3-7,10,16H,1-2H3,(H,17,18)/t10-/m1/s1. The maximum absolute atomic E-state index is 12.3. The fourth-order valence-corrected chi connectivity index (χ4v) is 1.45. The van der Waals surface area contributed by atoms with Gasteiger partial charge in [-0.05, 0) is 30.2 Å². The first-order valence-corrected chi connectivity index (χ1v) is 5.38. The highest BCUT2D eigenvalue weighted by atomic mass is 19.4. The van der Waals surface area contributed by atoms with Gasteiger partial charge in [0.1, 0.15) is 6.04 Å². The fraction of sp³-hybridized carbons (Fsp3) is 0.417. The zero-order chi connectivity index (χ0) is 13.9. The Kier molecular flexibility index (Phi) is 4.21. The van der Waals surface area contributed by atoms with Crippen molar-refractivity contribution in [3.8, 4) is 0 Å². The van der Waals surface area contributed by atoms with E-state index in [9.17, 15) is 18.0 Å². The normalized spacial score (nSPS) is 13.4. The summed E-state index contributed by atoms with van der Waals surface area (Å²) in [5, 5.41) is 11.6. The van der Waals surface area contributed by atoms with Gasteiger partial charge in [0.2, 0.25) is 0 Å². The lowest BCUT2D eigenvalue weighted by atomic mass is 10.0. The summed E-state index contributed by atoms with van der Waals surface area (Å²) in [4.78, 5) is 10.9. The molecule has 0 aliphatic heterocycles. The van der Waals surface area contributed by atoms with Crippen molar-refractivity contribution < 1.29 is 23.1 Å². The van der Waals surface area contributed by atoms with E-state index in [2.05, 4.69) is 5.32 Å². The molecule has 1 aromatic rings. The molecule has 0 aromatic heterocycles. The van der Waals surface area contributed by atoms with Crippen molar-refractivity contribution in [2.75, 3.05) is 5.32 Å². The third kappa shape index (κ3) is 3.65. The Bertz CT molecular complexity index is 412. The highest BCUT2D eigenvalue weighted by Gasteiger charge is 2.30. The van der Waals surface area contributed by atoms with Crippen LogP contribution in [0.25, 0.3) is 0 Å². The van der Waals surface area contributed by atoms with Crippen molar-refractivity contribution in [1.29, 1.82) is 0 Å². The van der Waals surface area contributed by atoms with Gasteiger partial charge >= 0.3 is 12.1 Å². The second-order valence-corrected chi connectivity index (χ2v) is 4.28. The topological polar surface area (TPSA) is 49.3 Å². The average molecular weight is 261 g/mol.